The maximum Gasteiger partial charge on any atom is 0.184 e. The number of hydrogen-bond acceptors (Lipinski definition) is 3. The summed E-state index contributed by atoms with van der Waals surface area (Å²) in [6, 6.07) is 8.39. The molecular formula is C21H20F2N4. The maximum atomic E-state index is 14.2. The van der Waals surface area contributed by atoms with Gasteiger partial charge >= 0.3 is 0 Å². The van der Waals surface area contributed by atoms with Crippen LogP contribution in [-0.4, -0.2) is 19.5 Å². The molecule has 6 heteroatoms. The topological polar surface area (TPSA) is 43.6 Å². The fraction of sp³-hybridized carbons (Fsp3) is 0.286. The number of rotatable bonds is 5. The minimum absolute atomic E-state index is 0.0500. The smallest absolute Gasteiger partial charge is 0.184 e. The molecule has 1 aromatic carbocycles. The van der Waals surface area contributed by atoms with Crippen LogP contribution >= 0.6 is 0 Å². The molecule has 0 aliphatic heterocycles. The molecule has 27 heavy (non-hydrogen) atoms. The summed E-state index contributed by atoms with van der Waals surface area (Å²) in [7, 11) is 0. The maximum absolute atomic E-state index is 14.2. The van der Waals surface area contributed by atoms with E-state index in [1.54, 1.807) is 12.3 Å². The second kappa shape index (κ2) is 7.02. The minimum atomic E-state index is -0.914. The van der Waals surface area contributed by atoms with E-state index in [1.807, 2.05) is 18.2 Å². The molecule has 0 spiro atoms. The number of hydrogen-bond donors (Lipinski definition) is 0. The van der Waals surface area contributed by atoms with Gasteiger partial charge in [0, 0.05) is 23.7 Å². The van der Waals surface area contributed by atoms with Crippen molar-refractivity contribution in [3.05, 3.63) is 65.7 Å². The van der Waals surface area contributed by atoms with Gasteiger partial charge in [0.25, 0.3) is 0 Å². The van der Waals surface area contributed by atoms with Gasteiger partial charge in [-0.3, -0.25) is 4.98 Å². The van der Waals surface area contributed by atoms with Crippen LogP contribution in [0.1, 0.15) is 44.0 Å². The highest BCUT2D eigenvalue weighted by atomic mass is 19.2. The quantitative estimate of drug-likeness (QED) is 0.487. The Morgan fingerprint density at radius 3 is 2.59 bits per heavy atom. The van der Waals surface area contributed by atoms with Crippen LogP contribution in [0.15, 0.2) is 42.7 Å². The number of halogens is 2. The number of pyridine rings is 2. The molecule has 0 radical (unpaired) electrons. The van der Waals surface area contributed by atoms with Gasteiger partial charge in [-0.25, -0.2) is 18.7 Å². The van der Waals surface area contributed by atoms with E-state index in [4.69, 9.17) is 4.98 Å². The van der Waals surface area contributed by atoms with Crippen molar-refractivity contribution in [2.75, 3.05) is 0 Å². The van der Waals surface area contributed by atoms with E-state index in [1.165, 1.54) is 6.20 Å². The van der Waals surface area contributed by atoms with Crippen LogP contribution in [0.25, 0.3) is 22.1 Å². The van der Waals surface area contributed by atoms with Gasteiger partial charge in [0.1, 0.15) is 16.9 Å². The highest BCUT2D eigenvalue weighted by Gasteiger charge is 2.20. The van der Waals surface area contributed by atoms with Gasteiger partial charge in [-0.2, -0.15) is 0 Å². The predicted octanol–water partition coefficient (Wildman–Crippen LogP) is 5.21. The predicted molar refractivity (Wildman–Crippen MR) is 102 cm³/mol. The molecule has 0 bridgehead atoms. The fourth-order valence-electron chi connectivity index (χ4n) is 3.62. The molecular weight excluding hydrogens is 346 g/mol. The first-order chi connectivity index (χ1) is 13.1. The lowest BCUT2D eigenvalue weighted by atomic mass is 10.0. The number of fused-ring (bicyclic) bond motifs is 2. The molecule has 4 aromatic rings. The Kier molecular flexibility index (Phi) is 4.56. The summed E-state index contributed by atoms with van der Waals surface area (Å²) in [6.07, 6.45) is 5.20. The summed E-state index contributed by atoms with van der Waals surface area (Å²) in [5.41, 5.74) is 2.55. The number of aromatic nitrogens is 4. The molecule has 138 valence electrons. The van der Waals surface area contributed by atoms with Crippen molar-refractivity contribution in [1.82, 2.24) is 19.5 Å². The van der Waals surface area contributed by atoms with E-state index < -0.39 is 11.6 Å². The fourth-order valence-corrected chi connectivity index (χ4v) is 3.62. The van der Waals surface area contributed by atoms with Crippen LogP contribution in [0.2, 0.25) is 0 Å². The van der Waals surface area contributed by atoms with Crippen molar-refractivity contribution >= 4 is 22.1 Å². The van der Waals surface area contributed by atoms with Gasteiger partial charge in [-0.1, -0.05) is 13.8 Å². The Morgan fingerprint density at radius 1 is 1.00 bits per heavy atom. The number of imidazole rings is 1. The molecule has 3 aromatic heterocycles. The summed E-state index contributed by atoms with van der Waals surface area (Å²) in [6.45, 7) is 4.76. The molecule has 0 atom stereocenters. The minimum Gasteiger partial charge on any atom is -0.308 e. The zero-order chi connectivity index (χ0) is 19.0. The lowest BCUT2D eigenvalue weighted by Gasteiger charge is -2.16. The lowest BCUT2D eigenvalue weighted by molar-refractivity contribution is 0.515. The van der Waals surface area contributed by atoms with Crippen molar-refractivity contribution in [1.29, 1.82) is 0 Å². The zero-order valence-electron chi connectivity index (χ0n) is 15.3. The largest absolute Gasteiger partial charge is 0.308 e. The first kappa shape index (κ1) is 17.5. The second-order valence-corrected chi connectivity index (χ2v) is 6.64. The third-order valence-corrected chi connectivity index (χ3v) is 5.11. The summed E-state index contributed by atoms with van der Waals surface area (Å²) < 4.78 is 29.8. The lowest BCUT2D eigenvalue weighted by Crippen LogP contribution is -2.10. The molecule has 0 aliphatic carbocycles. The van der Waals surface area contributed by atoms with Gasteiger partial charge in [-0.05, 0) is 48.7 Å². The molecule has 4 nitrogen and oxygen atoms in total. The van der Waals surface area contributed by atoms with Crippen molar-refractivity contribution in [3.63, 3.8) is 0 Å². The highest BCUT2D eigenvalue weighted by Crippen LogP contribution is 2.28. The molecule has 0 amide bonds. The third-order valence-electron chi connectivity index (χ3n) is 5.11. The van der Waals surface area contributed by atoms with Gasteiger partial charge in [0.2, 0.25) is 0 Å². The van der Waals surface area contributed by atoms with E-state index in [9.17, 15) is 8.78 Å². The Balaban J connectivity index is 1.90. The molecule has 3 heterocycles. The molecule has 0 aliphatic rings. The van der Waals surface area contributed by atoms with E-state index in [0.29, 0.717) is 17.8 Å². The first-order valence-corrected chi connectivity index (χ1v) is 9.16. The second-order valence-electron chi connectivity index (χ2n) is 6.64. The van der Waals surface area contributed by atoms with E-state index in [-0.39, 0.29) is 5.52 Å². The molecule has 0 saturated carbocycles. The molecule has 0 fully saturated rings. The Hall–Kier alpha value is -2.89. The Labute approximate surface area is 155 Å². The zero-order valence-corrected chi connectivity index (χ0v) is 15.3. The van der Waals surface area contributed by atoms with Crippen LogP contribution in [0, 0.1) is 11.6 Å². The van der Waals surface area contributed by atoms with E-state index in [2.05, 4.69) is 28.4 Å². The normalized spacial score (nSPS) is 11.7. The summed E-state index contributed by atoms with van der Waals surface area (Å²) in [4.78, 5) is 13.4. The average molecular weight is 366 g/mol. The van der Waals surface area contributed by atoms with Crippen LogP contribution in [0.5, 0.6) is 0 Å². The third kappa shape index (κ3) is 2.95. The van der Waals surface area contributed by atoms with Crippen LogP contribution < -0.4 is 0 Å². The molecule has 0 N–H and O–H groups in total. The summed E-state index contributed by atoms with van der Waals surface area (Å²) in [5.74, 6) is -0.523. The van der Waals surface area contributed by atoms with Gasteiger partial charge in [0.05, 0.1) is 6.54 Å². The van der Waals surface area contributed by atoms with Crippen LogP contribution in [0.3, 0.4) is 0 Å². The standard InChI is InChI=1S/C21H20F2N4/c1-3-13(4-2)20-26-17-6-5-10-25-21(17)27(20)12-14-9-11-24-19-15(14)7-8-16(22)18(19)23/h5-11,13H,3-4,12H2,1-2H3. The first-order valence-electron chi connectivity index (χ1n) is 9.16. The van der Waals surface area contributed by atoms with Gasteiger partial charge < -0.3 is 4.57 Å². The van der Waals surface area contributed by atoms with Crippen LogP contribution in [0.4, 0.5) is 8.78 Å². The summed E-state index contributed by atoms with van der Waals surface area (Å²) in [5, 5.41) is 0.602. The SMILES string of the molecule is CCC(CC)c1nc2cccnc2n1Cc1ccnc2c(F)c(F)ccc12. The van der Waals surface area contributed by atoms with E-state index >= 15 is 0 Å². The molecule has 0 unspecified atom stereocenters. The van der Waals surface area contributed by atoms with Gasteiger partial charge in [-0.15, -0.1) is 0 Å². The van der Waals surface area contributed by atoms with Crippen molar-refractivity contribution in [2.45, 2.75) is 39.2 Å². The van der Waals surface area contributed by atoms with Crippen molar-refractivity contribution in [3.8, 4) is 0 Å². The monoisotopic (exact) mass is 366 g/mol. The highest BCUT2D eigenvalue weighted by molar-refractivity contribution is 5.83. The summed E-state index contributed by atoms with van der Waals surface area (Å²) >= 11 is 0. The molecule has 4 rings (SSSR count). The van der Waals surface area contributed by atoms with Crippen molar-refractivity contribution in [2.24, 2.45) is 0 Å². The Bertz CT molecular complexity index is 1120. The van der Waals surface area contributed by atoms with Crippen LogP contribution in [-0.2, 0) is 6.54 Å². The average Bonchev–Trinajstić information content (AvgIpc) is 3.05. The van der Waals surface area contributed by atoms with Crippen molar-refractivity contribution < 1.29 is 8.78 Å². The number of benzene rings is 1. The molecule has 0 saturated heterocycles. The van der Waals surface area contributed by atoms with Gasteiger partial charge in [0.15, 0.2) is 17.3 Å². The van der Waals surface area contributed by atoms with E-state index in [0.717, 1.165) is 41.5 Å². The Morgan fingerprint density at radius 2 is 1.81 bits per heavy atom. The number of nitrogens with zero attached hydrogens (tertiary/aromatic N) is 4.